The van der Waals surface area contributed by atoms with E-state index in [-0.39, 0.29) is 0 Å². The highest BCUT2D eigenvalue weighted by Crippen LogP contribution is 2.23. The summed E-state index contributed by atoms with van der Waals surface area (Å²) in [5, 5.41) is 3.70. The van der Waals surface area contributed by atoms with Crippen LogP contribution in [0.2, 0.25) is 0 Å². The fraction of sp³-hybridized carbons (Fsp3) is 0.600. The van der Waals surface area contributed by atoms with Gasteiger partial charge in [0.1, 0.15) is 5.75 Å². The van der Waals surface area contributed by atoms with Crippen LogP contribution in [0.15, 0.2) is 24.3 Å². The molecule has 1 saturated carbocycles. The molecule has 1 unspecified atom stereocenters. The lowest BCUT2D eigenvalue weighted by atomic mass is 9.91. The van der Waals surface area contributed by atoms with E-state index in [1.165, 1.54) is 18.4 Å². The standard InChI is InChI=1S/C15H24N2O/c1-11(12-4-3-5-15(10-12)18-2)17-14-8-6-13(16)7-9-14/h3-5,10-11,13-14,17H,6-9,16H2,1-2H3. The highest BCUT2D eigenvalue weighted by atomic mass is 16.5. The maximum Gasteiger partial charge on any atom is 0.119 e. The number of methoxy groups -OCH3 is 1. The minimum absolute atomic E-state index is 0.361. The van der Waals surface area contributed by atoms with E-state index in [4.69, 9.17) is 10.5 Å². The third-order valence-corrected chi connectivity index (χ3v) is 3.85. The van der Waals surface area contributed by atoms with Gasteiger partial charge >= 0.3 is 0 Å². The first kappa shape index (κ1) is 13.4. The first-order chi connectivity index (χ1) is 8.69. The average Bonchev–Trinajstić information content (AvgIpc) is 2.41. The maximum atomic E-state index is 5.93. The first-order valence-corrected chi connectivity index (χ1v) is 6.84. The lowest BCUT2D eigenvalue weighted by molar-refractivity contribution is 0.321. The van der Waals surface area contributed by atoms with Gasteiger partial charge in [-0.1, -0.05) is 12.1 Å². The van der Waals surface area contributed by atoms with Crippen molar-refractivity contribution in [1.29, 1.82) is 0 Å². The Hall–Kier alpha value is -1.06. The molecule has 1 fully saturated rings. The Kier molecular flexibility index (Phi) is 4.61. The van der Waals surface area contributed by atoms with Crippen LogP contribution in [-0.2, 0) is 0 Å². The van der Waals surface area contributed by atoms with Crippen LogP contribution in [0.4, 0.5) is 0 Å². The zero-order valence-electron chi connectivity index (χ0n) is 11.4. The molecule has 0 bridgehead atoms. The molecule has 1 aliphatic carbocycles. The van der Waals surface area contributed by atoms with Crippen LogP contribution in [0.25, 0.3) is 0 Å². The van der Waals surface area contributed by atoms with E-state index in [9.17, 15) is 0 Å². The Morgan fingerprint density at radius 1 is 1.28 bits per heavy atom. The molecule has 0 saturated heterocycles. The fourth-order valence-corrected chi connectivity index (χ4v) is 2.65. The summed E-state index contributed by atoms with van der Waals surface area (Å²) < 4.78 is 5.26. The predicted octanol–water partition coefficient (Wildman–Crippen LogP) is 2.62. The first-order valence-electron chi connectivity index (χ1n) is 6.84. The van der Waals surface area contributed by atoms with Crippen LogP contribution in [0.1, 0.15) is 44.2 Å². The normalized spacial score (nSPS) is 25.7. The Labute approximate surface area is 110 Å². The summed E-state index contributed by atoms with van der Waals surface area (Å²) in [5.41, 5.74) is 7.21. The maximum absolute atomic E-state index is 5.93. The molecule has 0 heterocycles. The van der Waals surface area contributed by atoms with Gasteiger partial charge in [0.05, 0.1) is 7.11 Å². The van der Waals surface area contributed by atoms with Gasteiger partial charge < -0.3 is 15.8 Å². The summed E-state index contributed by atoms with van der Waals surface area (Å²) in [7, 11) is 1.71. The third kappa shape index (κ3) is 3.47. The fourth-order valence-electron chi connectivity index (χ4n) is 2.65. The van der Waals surface area contributed by atoms with E-state index in [2.05, 4.69) is 24.4 Å². The molecule has 0 amide bonds. The van der Waals surface area contributed by atoms with Gasteiger partial charge in [0.2, 0.25) is 0 Å². The summed E-state index contributed by atoms with van der Waals surface area (Å²) >= 11 is 0. The topological polar surface area (TPSA) is 47.3 Å². The molecule has 0 spiro atoms. The van der Waals surface area contributed by atoms with Crippen molar-refractivity contribution in [1.82, 2.24) is 5.32 Å². The van der Waals surface area contributed by atoms with Crippen molar-refractivity contribution in [3.05, 3.63) is 29.8 Å². The average molecular weight is 248 g/mol. The molecule has 3 N–H and O–H groups in total. The molecule has 0 aliphatic heterocycles. The quantitative estimate of drug-likeness (QED) is 0.861. The Morgan fingerprint density at radius 3 is 2.67 bits per heavy atom. The number of rotatable bonds is 4. The molecular formula is C15H24N2O. The lowest BCUT2D eigenvalue weighted by Gasteiger charge is -2.29. The predicted molar refractivity (Wildman–Crippen MR) is 74.8 cm³/mol. The molecule has 3 heteroatoms. The van der Waals surface area contributed by atoms with Crippen molar-refractivity contribution in [3.8, 4) is 5.75 Å². The molecule has 100 valence electrons. The van der Waals surface area contributed by atoms with Gasteiger partial charge in [-0.05, 0) is 50.3 Å². The molecule has 1 aliphatic rings. The molecular weight excluding hydrogens is 224 g/mol. The van der Waals surface area contributed by atoms with Crippen LogP contribution in [0, 0.1) is 0 Å². The Bertz CT molecular complexity index is 373. The van der Waals surface area contributed by atoms with Gasteiger partial charge in [-0.2, -0.15) is 0 Å². The van der Waals surface area contributed by atoms with Crippen molar-refractivity contribution in [2.45, 2.75) is 50.7 Å². The van der Waals surface area contributed by atoms with E-state index < -0.39 is 0 Å². The molecule has 0 radical (unpaired) electrons. The van der Waals surface area contributed by atoms with Crippen molar-refractivity contribution in [2.75, 3.05) is 7.11 Å². The number of benzene rings is 1. The second-order valence-electron chi connectivity index (χ2n) is 5.28. The highest BCUT2D eigenvalue weighted by molar-refractivity contribution is 5.30. The van der Waals surface area contributed by atoms with Gasteiger partial charge in [0.15, 0.2) is 0 Å². The van der Waals surface area contributed by atoms with Gasteiger partial charge in [-0.3, -0.25) is 0 Å². The summed E-state index contributed by atoms with van der Waals surface area (Å²) in [6.45, 7) is 2.21. The van der Waals surface area contributed by atoms with Crippen molar-refractivity contribution in [3.63, 3.8) is 0 Å². The van der Waals surface area contributed by atoms with Crippen LogP contribution < -0.4 is 15.8 Å². The Balaban J connectivity index is 1.92. The second-order valence-corrected chi connectivity index (χ2v) is 5.28. The van der Waals surface area contributed by atoms with Gasteiger partial charge in [-0.15, -0.1) is 0 Å². The van der Waals surface area contributed by atoms with Gasteiger partial charge in [0, 0.05) is 18.1 Å². The lowest BCUT2D eigenvalue weighted by Crippen LogP contribution is -2.38. The third-order valence-electron chi connectivity index (χ3n) is 3.85. The zero-order valence-corrected chi connectivity index (χ0v) is 11.4. The molecule has 0 aromatic heterocycles. The van der Waals surface area contributed by atoms with E-state index in [0.717, 1.165) is 18.6 Å². The van der Waals surface area contributed by atoms with E-state index in [1.807, 2.05) is 12.1 Å². The second kappa shape index (κ2) is 6.21. The SMILES string of the molecule is COc1cccc(C(C)NC2CCC(N)CC2)c1. The van der Waals surface area contributed by atoms with Crippen LogP contribution in [0.3, 0.4) is 0 Å². The Morgan fingerprint density at radius 2 is 2.00 bits per heavy atom. The van der Waals surface area contributed by atoms with Crippen molar-refractivity contribution >= 4 is 0 Å². The monoisotopic (exact) mass is 248 g/mol. The molecule has 1 aromatic carbocycles. The van der Waals surface area contributed by atoms with Gasteiger partial charge in [0.25, 0.3) is 0 Å². The number of hydrogen-bond donors (Lipinski definition) is 2. The number of hydrogen-bond acceptors (Lipinski definition) is 3. The summed E-state index contributed by atoms with van der Waals surface area (Å²) in [6.07, 6.45) is 4.66. The molecule has 3 nitrogen and oxygen atoms in total. The smallest absolute Gasteiger partial charge is 0.119 e. The number of ether oxygens (including phenoxy) is 1. The van der Waals surface area contributed by atoms with E-state index in [1.54, 1.807) is 7.11 Å². The van der Waals surface area contributed by atoms with E-state index >= 15 is 0 Å². The van der Waals surface area contributed by atoms with Gasteiger partial charge in [-0.25, -0.2) is 0 Å². The van der Waals surface area contributed by atoms with Crippen molar-refractivity contribution < 1.29 is 4.74 Å². The largest absolute Gasteiger partial charge is 0.497 e. The summed E-state index contributed by atoms with van der Waals surface area (Å²) in [6, 6.07) is 9.65. The molecule has 1 atom stereocenters. The minimum Gasteiger partial charge on any atom is -0.497 e. The summed E-state index contributed by atoms with van der Waals surface area (Å²) in [4.78, 5) is 0. The summed E-state index contributed by atoms with van der Waals surface area (Å²) in [5.74, 6) is 0.923. The molecule has 18 heavy (non-hydrogen) atoms. The van der Waals surface area contributed by atoms with Crippen molar-refractivity contribution in [2.24, 2.45) is 5.73 Å². The van der Waals surface area contributed by atoms with E-state index in [0.29, 0.717) is 18.1 Å². The van der Waals surface area contributed by atoms with Crippen LogP contribution >= 0.6 is 0 Å². The minimum atomic E-state index is 0.361. The number of nitrogens with two attached hydrogens (primary N) is 1. The molecule has 2 rings (SSSR count). The molecule has 1 aromatic rings. The highest BCUT2D eigenvalue weighted by Gasteiger charge is 2.20. The van der Waals surface area contributed by atoms with Crippen LogP contribution in [-0.4, -0.2) is 19.2 Å². The number of nitrogens with one attached hydrogen (secondary N) is 1. The van der Waals surface area contributed by atoms with Crippen LogP contribution in [0.5, 0.6) is 5.75 Å². The zero-order chi connectivity index (χ0) is 13.0.